The highest BCUT2D eigenvalue weighted by molar-refractivity contribution is 7.53. The number of ketones is 1. The Hall–Kier alpha value is -1.26. The number of Topliss-reactive ketones (excluding diaryl/α,β-unsaturated/α-hetero) is 1. The van der Waals surface area contributed by atoms with Gasteiger partial charge in [-0.1, -0.05) is 36.4 Å². The molecule has 0 aliphatic carbocycles. The molecule has 2 rings (SSSR count). The Kier molecular flexibility index (Phi) is 3.78. The van der Waals surface area contributed by atoms with Crippen LogP contribution < -0.4 is 0 Å². The van der Waals surface area contributed by atoms with E-state index in [-0.39, 0.29) is 0 Å². The maximum absolute atomic E-state index is 12.2. The maximum atomic E-state index is 12.2. The van der Waals surface area contributed by atoms with Crippen molar-refractivity contribution in [2.45, 2.75) is 5.66 Å². The summed E-state index contributed by atoms with van der Waals surface area (Å²) in [6.45, 7) is 0. The van der Waals surface area contributed by atoms with Crippen LogP contribution in [0.2, 0.25) is 0 Å². The fourth-order valence-electron chi connectivity index (χ4n) is 1.69. The molecule has 0 aliphatic rings. The van der Waals surface area contributed by atoms with Crippen molar-refractivity contribution in [1.82, 2.24) is 0 Å². The Morgan fingerprint density at radius 1 is 1.11 bits per heavy atom. The third-order valence-corrected chi connectivity index (χ3v) is 4.55. The molecule has 1 aromatic heterocycles. The van der Waals surface area contributed by atoms with Crippen molar-refractivity contribution in [3.63, 3.8) is 0 Å². The second-order valence-corrected chi connectivity index (χ2v) is 6.39. The zero-order chi connectivity index (χ0) is 13.2. The van der Waals surface area contributed by atoms with Crippen molar-refractivity contribution in [2.24, 2.45) is 0 Å². The van der Waals surface area contributed by atoms with Crippen molar-refractivity contribution >= 4 is 24.7 Å². The summed E-state index contributed by atoms with van der Waals surface area (Å²) in [6.07, 6.45) is 0. The van der Waals surface area contributed by atoms with E-state index in [0.29, 0.717) is 10.4 Å². The molecular formula is C12H11O4PS. The lowest BCUT2D eigenvalue weighted by molar-refractivity contribution is 0.0982. The number of carbonyl (C=O) groups excluding carboxylic acids is 1. The number of benzene rings is 1. The van der Waals surface area contributed by atoms with E-state index in [0.717, 1.165) is 0 Å². The average Bonchev–Trinajstić information content (AvgIpc) is 2.82. The van der Waals surface area contributed by atoms with Crippen LogP contribution in [-0.4, -0.2) is 15.6 Å². The van der Waals surface area contributed by atoms with Gasteiger partial charge in [-0.3, -0.25) is 9.36 Å². The lowest BCUT2D eigenvalue weighted by atomic mass is 10.1. The third kappa shape index (κ3) is 2.76. The number of rotatable bonds is 4. The van der Waals surface area contributed by atoms with Crippen LogP contribution in [0.25, 0.3) is 0 Å². The molecule has 0 fully saturated rings. The zero-order valence-electron chi connectivity index (χ0n) is 9.26. The first-order valence-corrected chi connectivity index (χ1v) is 7.74. The van der Waals surface area contributed by atoms with E-state index in [2.05, 4.69) is 0 Å². The van der Waals surface area contributed by atoms with Gasteiger partial charge < -0.3 is 9.79 Å². The highest BCUT2D eigenvalue weighted by Crippen LogP contribution is 2.53. The van der Waals surface area contributed by atoms with E-state index in [9.17, 15) is 19.1 Å². The number of hydrogen-bond donors (Lipinski definition) is 2. The number of thiophene rings is 1. The molecule has 4 nitrogen and oxygen atoms in total. The van der Waals surface area contributed by atoms with Gasteiger partial charge in [0.2, 0.25) is 0 Å². The van der Waals surface area contributed by atoms with Crippen LogP contribution in [-0.2, 0) is 4.57 Å². The van der Waals surface area contributed by atoms with Gasteiger partial charge in [0.15, 0.2) is 5.78 Å². The Balaban J connectivity index is 2.45. The molecule has 1 unspecified atom stereocenters. The first-order valence-electron chi connectivity index (χ1n) is 5.18. The molecule has 0 saturated carbocycles. The Morgan fingerprint density at radius 2 is 1.78 bits per heavy atom. The van der Waals surface area contributed by atoms with E-state index < -0.39 is 19.0 Å². The highest BCUT2D eigenvalue weighted by atomic mass is 32.1. The van der Waals surface area contributed by atoms with Gasteiger partial charge in [0.05, 0.1) is 4.88 Å². The van der Waals surface area contributed by atoms with E-state index in [1.807, 2.05) is 0 Å². The van der Waals surface area contributed by atoms with Crippen molar-refractivity contribution in [1.29, 1.82) is 0 Å². The second kappa shape index (κ2) is 5.16. The highest BCUT2D eigenvalue weighted by Gasteiger charge is 2.37. The largest absolute Gasteiger partial charge is 0.340 e. The normalized spacial score (nSPS) is 13.2. The van der Waals surface area contributed by atoms with Crippen molar-refractivity contribution in [3.05, 3.63) is 58.3 Å². The van der Waals surface area contributed by atoms with Crippen LogP contribution >= 0.6 is 18.9 Å². The molecule has 2 aromatic rings. The summed E-state index contributed by atoms with van der Waals surface area (Å²) in [6, 6.07) is 11.4. The molecule has 0 spiro atoms. The summed E-state index contributed by atoms with van der Waals surface area (Å²) in [7, 11) is -4.54. The van der Waals surface area contributed by atoms with Gasteiger partial charge >= 0.3 is 7.60 Å². The van der Waals surface area contributed by atoms with E-state index in [1.165, 1.54) is 11.3 Å². The van der Waals surface area contributed by atoms with Crippen LogP contribution in [0.3, 0.4) is 0 Å². The molecule has 0 bridgehead atoms. The molecule has 0 saturated heterocycles. The molecule has 1 heterocycles. The van der Waals surface area contributed by atoms with Gasteiger partial charge in [-0.05, 0) is 17.0 Å². The van der Waals surface area contributed by atoms with Crippen LogP contribution in [0.5, 0.6) is 0 Å². The van der Waals surface area contributed by atoms with Crippen LogP contribution in [0.15, 0.2) is 47.8 Å². The van der Waals surface area contributed by atoms with Gasteiger partial charge in [-0.2, -0.15) is 0 Å². The van der Waals surface area contributed by atoms with Gasteiger partial charge in [0.1, 0.15) is 5.66 Å². The van der Waals surface area contributed by atoms with Gasteiger partial charge in [0.25, 0.3) is 0 Å². The first kappa shape index (κ1) is 13.2. The molecule has 18 heavy (non-hydrogen) atoms. The monoisotopic (exact) mass is 282 g/mol. The smallest absolute Gasteiger partial charge is 0.324 e. The average molecular weight is 282 g/mol. The minimum Gasteiger partial charge on any atom is -0.324 e. The standard InChI is InChI=1S/C12H11O4PS/c13-11(10-7-4-8-18-10)12(17(14,15)16)9-5-2-1-3-6-9/h1-8,12H,(H2,14,15,16). The summed E-state index contributed by atoms with van der Waals surface area (Å²) in [5, 5.41) is 1.70. The zero-order valence-corrected chi connectivity index (χ0v) is 11.0. The lowest BCUT2D eigenvalue weighted by Crippen LogP contribution is -2.12. The quantitative estimate of drug-likeness (QED) is 0.668. The minimum atomic E-state index is -4.54. The predicted molar refractivity (Wildman–Crippen MR) is 69.9 cm³/mol. The summed E-state index contributed by atoms with van der Waals surface area (Å²) in [4.78, 5) is 31.3. The molecular weight excluding hydrogens is 271 g/mol. The van der Waals surface area contributed by atoms with Crippen molar-refractivity contribution < 1.29 is 19.1 Å². The summed E-state index contributed by atoms with van der Waals surface area (Å²) in [5.41, 5.74) is -1.08. The molecule has 0 radical (unpaired) electrons. The summed E-state index contributed by atoms with van der Waals surface area (Å²) < 4.78 is 11.5. The van der Waals surface area contributed by atoms with Crippen LogP contribution in [0.1, 0.15) is 20.9 Å². The topological polar surface area (TPSA) is 74.6 Å². The third-order valence-electron chi connectivity index (χ3n) is 2.46. The van der Waals surface area contributed by atoms with Crippen LogP contribution in [0, 0.1) is 0 Å². The van der Waals surface area contributed by atoms with Crippen molar-refractivity contribution in [3.8, 4) is 0 Å². The second-order valence-electron chi connectivity index (χ2n) is 3.74. The van der Waals surface area contributed by atoms with E-state index in [4.69, 9.17) is 0 Å². The maximum Gasteiger partial charge on any atom is 0.340 e. The molecule has 2 N–H and O–H groups in total. The van der Waals surface area contributed by atoms with Crippen molar-refractivity contribution in [2.75, 3.05) is 0 Å². The molecule has 1 atom stereocenters. The van der Waals surface area contributed by atoms with Crippen LogP contribution in [0.4, 0.5) is 0 Å². The summed E-state index contributed by atoms with van der Waals surface area (Å²) >= 11 is 1.18. The number of hydrogen-bond acceptors (Lipinski definition) is 3. The van der Waals surface area contributed by atoms with E-state index >= 15 is 0 Å². The van der Waals surface area contributed by atoms with E-state index in [1.54, 1.807) is 47.8 Å². The Labute approximate surface area is 108 Å². The van der Waals surface area contributed by atoms with Gasteiger partial charge in [0, 0.05) is 0 Å². The molecule has 0 amide bonds. The molecule has 1 aromatic carbocycles. The first-order chi connectivity index (χ1) is 8.50. The predicted octanol–water partition coefficient (Wildman–Crippen LogP) is 2.85. The molecule has 0 aliphatic heterocycles. The molecule has 6 heteroatoms. The Bertz CT molecular complexity index is 573. The van der Waals surface area contributed by atoms with Gasteiger partial charge in [-0.25, -0.2) is 0 Å². The molecule has 94 valence electrons. The fourth-order valence-corrected chi connectivity index (χ4v) is 3.47. The summed E-state index contributed by atoms with van der Waals surface area (Å²) in [5.74, 6) is -0.537. The lowest BCUT2D eigenvalue weighted by Gasteiger charge is -2.16. The minimum absolute atomic E-state index is 0.337. The number of carbonyl (C=O) groups is 1. The Morgan fingerprint density at radius 3 is 2.28 bits per heavy atom. The SMILES string of the molecule is O=C(c1cccs1)C(c1ccccc1)P(=O)(O)O. The fraction of sp³-hybridized carbons (Fsp3) is 0.0833. The van der Waals surface area contributed by atoms with Gasteiger partial charge in [-0.15, -0.1) is 11.3 Å².